The van der Waals surface area contributed by atoms with Gasteiger partial charge in [0, 0.05) is 0 Å². The molecule has 0 aromatic heterocycles. The van der Waals surface area contributed by atoms with Crippen LogP contribution in [0.1, 0.15) is 0 Å². The van der Waals surface area contributed by atoms with Crippen molar-refractivity contribution in [2.24, 2.45) is 5.92 Å². The Labute approximate surface area is 153 Å². The van der Waals surface area contributed by atoms with Gasteiger partial charge in [-0.25, -0.2) is 0 Å². The van der Waals surface area contributed by atoms with Gasteiger partial charge in [0.2, 0.25) is 0 Å². The normalized spacial score (nSPS) is 16.8. The van der Waals surface area contributed by atoms with Crippen molar-refractivity contribution < 1.29 is 28.8 Å². The van der Waals surface area contributed by atoms with E-state index in [-0.39, 0.29) is 12.5 Å². The Balaban J connectivity index is 1.71. The van der Waals surface area contributed by atoms with Crippen LogP contribution in [0.4, 0.5) is 0 Å². The summed E-state index contributed by atoms with van der Waals surface area (Å²) in [5.74, 6) is 2.42. The Morgan fingerprint density at radius 1 is 0.654 bits per heavy atom. The predicted molar refractivity (Wildman–Crippen MR) is 96.3 cm³/mol. The van der Waals surface area contributed by atoms with Crippen molar-refractivity contribution in [1.82, 2.24) is 0 Å². The Bertz CT molecular complexity index is 619. The molecular weight excluding hydrogens is 336 g/mol. The maximum atomic E-state index is 9.64. The molecule has 3 rings (SSSR count). The van der Waals surface area contributed by atoms with Crippen molar-refractivity contribution in [1.29, 1.82) is 0 Å². The molecule has 26 heavy (non-hydrogen) atoms. The second-order valence-electron chi connectivity index (χ2n) is 5.87. The van der Waals surface area contributed by atoms with Crippen molar-refractivity contribution in [2.75, 3.05) is 46.2 Å². The zero-order chi connectivity index (χ0) is 18.0. The van der Waals surface area contributed by atoms with Crippen molar-refractivity contribution in [3.63, 3.8) is 0 Å². The van der Waals surface area contributed by atoms with E-state index < -0.39 is 0 Å². The molecule has 0 bridgehead atoms. The first-order valence-electron chi connectivity index (χ1n) is 8.74. The molecule has 0 radical (unpaired) electrons. The minimum Gasteiger partial charge on any atom is -0.489 e. The number of rotatable bonds is 1. The second-order valence-corrected chi connectivity index (χ2v) is 5.87. The molecule has 0 atom stereocenters. The lowest BCUT2D eigenvalue weighted by molar-refractivity contribution is 0.0704. The monoisotopic (exact) mass is 360 g/mol. The fourth-order valence-corrected chi connectivity index (χ4v) is 2.47. The van der Waals surface area contributed by atoms with Gasteiger partial charge in [-0.3, -0.25) is 0 Å². The van der Waals surface area contributed by atoms with Crippen LogP contribution < -0.4 is 18.9 Å². The van der Waals surface area contributed by atoms with Crippen LogP contribution in [0, 0.1) is 5.92 Å². The Morgan fingerprint density at radius 3 is 1.50 bits per heavy atom. The number of hydrogen-bond acceptors (Lipinski definition) is 6. The summed E-state index contributed by atoms with van der Waals surface area (Å²) in [5.41, 5.74) is 0. The van der Waals surface area contributed by atoms with Crippen LogP contribution in [0.2, 0.25) is 0 Å². The summed E-state index contributed by atoms with van der Waals surface area (Å²) in [6.07, 6.45) is 0. The number of hydrogen-bond donors (Lipinski definition) is 1. The molecule has 2 aromatic rings. The van der Waals surface area contributed by atoms with E-state index in [1.54, 1.807) is 0 Å². The molecule has 6 heteroatoms. The molecule has 0 saturated heterocycles. The van der Waals surface area contributed by atoms with E-state index in [2.05, 4.69) is 0 Å². The van der Waals surface area contributed by atoms with Gasteiger partial charge in [0.15, 0.2) is 23.0 Å². The fraction of sp³-hybridized carbons (Fsp3) is 0.400. The van der Waals surface area contributed by atoms with E-state index in [0.717, 1.165) is 0 Å². The van der Waals surface area contributed by atoms with Crippen LogP contribution >= 0.6 is 0 Å². The number of fused-ring (bicyclic) bond motifs is 2. The molecule has 140 valence electrons. The summed E-state index contributed by atoms with van der Waals surface area (Å²) < 4.78 is 28.7. The van der Waals surface area contributed by atoms with Gasteiger partial charge in [-0.15, -0.1) is 0 Å². The number of aliphatic hydroxyl groups excluding tert-OH is 1. The highest BCUT2D eigenvalue weighted by Crippen LogP contribution is 2.28. The topological polar surface area (TPSA) is 66.4 Å². The van der Waals surface area contributed by atoms with E-state index >= 15 is 0 Å². The molecule has 1 aliphatic rings. The Morgan fingerprint density at radius 2 is 1.08 bits per heavy atom. The molecule has 1 heterocycles. The zero-order valence-electron chi connectivity index (χ0n) is 14.6. The maximum Gasteiger partial charge on any atom is 0.161 e. The first-order valence-corrected chi connectivity index (χ1v) is 8.74. The van der Waals surface area contributed by atoms with Gasteiger partial charge < -0.3 is 28.8 Å². The first kappa shape index (κ1) is 18.4. The van der Waals surface area contributed by atoms with Crippen molar-refractivity contribution in [3.8, 4) is 23.0 Å². The Kier molecular flexibility index (Phi) is 6.98. The van der Waals surface area contributed by atoms with Crippen LogP contribution in [-0.4, -0.2) is 51.4 Å². The molecule has 6 nitrogen and oxygen atoms in total. The van der Waals surface area contributed by atoms with E-state index in [1.807, 2.05) is 48.5 Å². The van der Waals surface area contributed by atoms with Gasteiger partial charge in [0.1, 0.15) is 13.2 Å². The molecular formula is C20H24O6. The molecule has 0 unspecified atom stereocenters. The van der Waals surface area contributed by atoms with Gasteiger partial charge in [0.25, 0.3) is 0 Å². The number of ether oxygens (including phenoxy) is 5. The lowest BCUT2D eigenvalue weighted by Crippen LogP contribution is -2.24. The average Bonchev–Trinajstić information content (AvgIpc) is 2.68. The molecule has 0 fully saturated rings. The molecule has 0 saturated carbocycles. The Hall–Kier alpha value is -2.44. The summed E-state index contributed by atoms with van der Waals surface area (Å²) >= 11 is 0. The minimum atomic E-state index is -0.174. The third-order valence-corrected chi connectivity index (χ3v) is 3.88. The summed E-state index contributed by atoms with van der Waals surface area (Å²) in [6.45, 7) is 2.34. The maximum absolute atomic E-state index is 9.64. The highest BCUT2D eigenvalue weighted by atomic mass is 16.6. The highest BCUT2D eigenvalue weighted by Gasteiger charge is 2.14. The van der Waals surface area contributed by atoms with Gasteiger partial charge in [-0.1, -0.05) is 24.3 Å². The second kappa shape index (κ2) is 9.89. The van der Waals surface area contributed by atoms with Gasteiger partial charge in [-0.05, 0) is 24.3 Å². The van der Waals surface area contributed by atoms with E-state index in [0.29, 0.717) is 62.6 Å². The third kappa shape index (κ3) is 5.28. The fourth-order valence-electron chi connectivity index (χ4n) is 2.47. The van der Waals surface area contributed by atoms with E-state index in [1.165, 1.54) is 0 Å². The van der Waals surface area contributed by atoms with E-state index in [4.69, 9.17) is 23.7 Å². The number of para-hydroxylation sites is 4. The van der Waals surface area contributed by atoms with Gasteiger partial charge in [-0.2, -0.15) is 0 Å². The molecule has 1 N–H and O–H groups in total. The largest absolute Gasteiger partial charge is 0.489 e. The van der Waals surface area contributed by atoms with Crippen LogP contribution in [0.15, 0.2) is 48.5 Å². The predicted octanol–water partition coefficient (Wildman–Crippen LogP) is 2.54. The van der Waals surface area contributed by atoms with Crippen molar-refractivity contribution in [3.05, 3.63) is 48.5 Å². The molecule has 1 aliphatic heterocycles. The van der Waals surface area contributed by atoms with Gasteiger partial charge in [0.05, 0.1) is 39.0 Å². The minimum absolute atomic E-state index is 0.0418. The van der Waals surface area contributed by atoms with Crippen molar-refractivity contribution in [2.45, 2.75) is 0 Å². The SMILES string of the molecule is OCC1COc2ccccc2OCCOCCOc2ccccc2OC1. The standard InChI is InChI=1S/C20H24O6/c21-13-16-14-25-19-7-3-1-5-17(19)23-11-9-22-10-12-24-18-6-2-4-8-20(18)26-15-16/h1-8,16,21H,9-15H2. The van der Waals surface area contributed by atoms with Crippen LogP contribution in [0.5, 0.6) is 23.0 Å². The summed E-state index contributed by atoms with van der Waals surface area (Å²) in [5, 5.41) is 9.64. The smallest absolute Gasteiger partial charge is 0.161 e. The van der Waals surface area contributed by atoms with Crippen LogP contribution in [-0.2, 0) is 4.74 Å². The molecule has 0 spiro atoms. The average molecular weight is 360 g/mol. The number of benzene rings is 2. The lowest BCUT2D eigenvalue weighted by Gasteiger charge is -2.19. The number of aliphatic hydroxyl groups is 1. The summed E-state index contributed by atoms with van der Waals surface area (Å²) in [4.78, 5) is 0. The van der Waals surface area contributed by atoms with Gasteiger partial charge >= 0.3 is 0 Å². The molecule has 2 aromatic carbocycles. The van der Waals surface area contributed by atoms with Crippen LogP contribution in [0.3, 0.4) is 0 Å². The van der Waals surface area contributed by atoms with Crippen molar-refractivity contribution >= 4 is 0 Å². The quantitative estimate of drug-likeness (QED) is 0.843. The van der Waals surface area contributed by atoms with Crippen LogP contribution in [0.25, 0.3) is 0 Å². The molecule has 0 amide bonds. The highest BCUT2D eigenvalue weighted by molar-refractivity contribution is 5.40. The first-order chi connectivity index (χ1) is 12.9. The third-order valence-electron chi connectivity index (χ3n) is 3.88. The lowest BCUT2D eigenvalue weighted by atomic mass is 10.2. The summed E-state index contributed by atoms with van der Waals surface area (Å²) in [6, 6.07) is 14.9. The zero-order valence-corrected chi connectivity index (χ0v) is 14.6. The molecule has 0 aliphatic carbocycles. The van der Waals surface area contributed by atoms with E-state index in [9.17, 15) is 5.11 Å². The summed E-state index contributed by atoms with van der Waals surface area (Å²) in [7, 11) is 0.